The number of nitrogens with zero attached hydrogens (tertiary/aromatic N) is 1. The summed E-state index contributed by atoms with van der Waals surface area (Å²) in [5.74, 6) is 0. The van der Waals surface area contributed by atoms with Gasteiger partial charge in [-0.3, -0.25) is 0 Å². The molecule has 0 bridgehead atoms. The molecule has 0 unspecified atom stereocenters. The van der Waals surface area contributed by atoms with Gasteiger partial charge in [-0.1, -0.05) is 225 Å². The highest BCUT2D eigenvalue weighted by molar-refractivity contribution is 7.19. The maximum absolute atomic E-state index is 4.61. The van der Waals surface area contributed by atoms with Crippen LogP contribution >= 0.6 is 11.3 Å². The zero-order valence-electron chi connectivity index (χ0n) is 40.8. The fourth-order valence-electron chi connectivity index (χ4n) is 12.1. The largest absolute Gasteiger partial charge is 0.310 e. The van der Waals surface area contributed by atoms with Crippen LogP contribution in [0.25, 0.3) is 77.0 Å². The summed E-state index contributed by atoms with van der Waals surface area (Å²) in [7, 11) is 0. The molecule has 1 heterocycles. The van der Waals surface area contributed by atoms with E-state index in [2.05, 4.69) is 284 Å². The quantitative estimate of drug-likeness (QED) is 0.139. The maximum Gasteiger partial charge on any atom is 0.0713 e. The van der Waals surface area contributed by atoms with Gasteiger partial charge in [0.05, 0.1) is 11.1 Å². The number of para-hydroxylation sites is 1. The fourth-order valence-corrected chi connectivity index (χ4v) is 13.3. The van der Waals surface area contributed by atoms with Crippen LogP contribution in [0.1, 0.15) is 38.3 Å². The van der Waals surface area contributed by atoms with Crippen molar-refractivity contribution in [2.75, 3.05) is 4.90 Å². The van der Waals surface area contributed by atoms with E-state index in [0.717, 1.165) is 45.7 Å². The van der Waals surface area contributed by atoms with E-state index >= 15 is 0 Å². The van der Waals surface area contributed by atoms with E-state index < -0.39 is 5.41 Å². The van der Waals surface area contributed by atoms with Gasteiger partial charge < -0.3 is 4.90 Å². The zero-order valence-corrected chi connectivity index (χ0v) is 41.6. The van der Waals surface area contributed by atoms with E-state index in [-0.39, 0.29) is 0 Å². The van der Waals surface area contributed by atoms with Crippen LogP contribution < -0.4 is 4.90 Å². The molecule has 1 nitrogen and oxygen atoms in total. The molecule has 0 aliphatic heterocycles. The summed E-state index contributed by atoms with van der Waals surface area (Å²) in [4.78, 5) is 3.82. The third-order valence-electron chi connectivity index (χ3n) is 15.5. The van der Waals surface area contributed by atoms with Gasteiger partial charge in [-0.2, -0.15) is 0 Å². The van der Waals surface area contributed by atoms with Crippen LogP contribution in [0.4, 0.5) is 17.1 Å². The molecule has 0 amide bonds. The summed E-state index contributed by atoms with van der Waals surface area (Å²) in [5.41, 5.74) is 22.4. The number of rotatable bonds is 9. The highest BCUT2D eigenvalue weighted by atomic mass is 32.1. The fraction of sp³-hybridized carbons (Fsp3) is 0.0278. The lowest BCUT2D eigenvalue weighted by atomic mass is 9.67. The molecule has 14 rings (SSSR count). The Balaban J connectivity index is 0.894. The van der Waals surface area contributed by atoms with Crippen molar-refractivity contribution in [3.8, 4) is 44.5 Å². The van der Waals surface area contributed by atoms with Gasteiger partial charge in [0, 0.05) is 32.9 Å². The average molecular weight is 960 g/mol. The Kier molecular flexibility index (Phi) is 10.6. The molecule has 12 aromatic rings. The minimum atomic E-state index is -0.470. The molecule has 2 heteroatoms. The van der Waals surface area contributed by atoms with E-state index in [1.165, 1.54) is 92.5 Å². The van der Waals surface area contributed by atoms with E-state index in [1.54, 1.807) is 0 Å². The Morgan fingerprint density at radius 3 is 1.70 bits per heavy atom. The minimum absolute atomic E-state index is 0.470. The predicted octanol–water partition coefficient (Wildman–Crippen LogP) is 19.5. The molecule has 2 aliphatic rings. The Bertz CT molecular complexity index is 4110. The maximum atomic E-state index is 4.61. The zero-order chi connectivity index (χ0) is 49.2. The third-order valence-corrected chi connectivity index (χ3v) is 16.7. The van der Waals surface area contributed by atoms with E-state index in [9.17, 15) is 0 Å². The number of anilines is 3. The Hall–Kier alpha value is -9.08. The first-order valence-electron chi connectivity index (χ1n) is 25.5. The minimum Gasteiger partial charge on any atom is -0.310 e. The second-order valence-electron chi connectivity index (χ2n) is 19.6. The van der Waals surface area contributed by atoms with Crippen molar-refractivity contribution >= 4 is 60.9 Å². The molecule has 1 aromatic heterocycles. The van der Waals surface area contributed by atoms with Crippen LogP contribution in [0.15, 0.2) is 279 Å². The Labute approximate surface area is 437 Å². The summed E-state index contributed by atoms with van der Waals surface area (Å²) in [6.45, 7) is 4.61. The molecule has 0 saturated carbocycles. The third kappa shape index (κ3) is 7.13. The van der Waals surface area contributed by atoms with Gasteiger partial charge in [0.15, 0.2) is 0 Å². The van der Waals surface area contributed by atoms with Gasteiger partial charge >= 0.3 is 0 Å². The molecule has 0 radical (unpaired) electrons. The lowest BCUT2D eigenvalue weighted by molar-refractivity contribution is 0.769. The van der Waals surface area contributed by atoms with Gasteiger partial charge in [0.2, 0.25) is 0 Å². The molecule has 0 spiro atoms. The molecule has 74 heavy (non-hydrogen) atoms. The lowest BCUT2D eigenvalue weighted by Gasteiger charge is -2.34. The molecule has 0 saturated heterocycles. The van der Waals surface area contributed by atoms with Crippen molar-refractivity contribution in [2.24, 2.45) is 0 Å². The van der Waals surface area contributed by atoms with Crippen LogP contribution in [-0.2, 0) is 11.8 Å². The predicted molar refractivity (Wildman–Crippen MR) is 315 cm³/mol. The van der Waals surface area contributed by atoms with Crippen molar-refractivity contribution in [1.82, 2.24) is 0 Å². The van der Waals surface area contributed by atoms with Crippen LogP contribution in [0.3, 0.4) is 0 Å². The van der Waals surface area contributed by atoms with Crippen molar-refractivity contribution in [3.05, 3.63) is 317 Å². The average Bonchev–Trinajstić information content (AvgIpc) is 4.01. The van der Waals surface area contributed by atoms with Crippen molar-refractivity contribution in [3.63, 3.8) is 0 Å². The van der Waals surface area contributed by atoms with Crippen molar-refractivity contribution < 1.29 is 0 Å². The first-order valence-corrected chi connectivity index (χ1v) is 26.4. The number of allylic oxidation sites excluding steroid dienone is 2. The summed E-state index contributed by atoms with van der Waals surface area (Å²) < 4.78 is 1.33. The number of fused-ring (bicyclic) bond motifs is 7. The Morgan fingerprint density at radius 1 is 0.392 bits per heavy atom. The van der Waals surface area contributed by atoms with E-state index in [4.69, 9.17) is 0 Å². The van der Waals surface area contributed by atoms with E-state index in [0.29, 0.717) is 0 Å². The van der Waals surface area contributed by atoms with Crippen molar-refractivity contribution in [2.45, 2.75) is 11.8 Å². The highest BCUT2D eigenvalue weighted by Gasteiger charge is 2.46. The first-order chi connectivity index (χ1) is 36.6. The molecule has 348 valence electrons. The molecular formula is C72H49NS. The molecular weight excluding hydrogens is 911 g/mol. The number of hydrogen-bond acceptors (Lipinski definition) is 2. The monoisotopic (exact) mass is 959 g/mol. The van der Waals surface area contributed by atoms with Gasteiger partial charge in [-0.05, 0) is 154 Å². The summed E-state index contributed by atoms with van der Waals surface area (Å²) >= 11 is 1.89. The molecule has 0 fully saturated rings. The van der Waals surface area contributed by atoms with Crippen LogP contribution in [0.5, 0.6) is 0 Å². The lowest BCUT2D eigenvalue weighted by Crippen LogP contribution is -2.28. The van der Waals surface area contributed by atoms with Crippen molar-refractivity contribution in [1.29, 1.82) is 0 Å². The van der Waals surface area contributed by atoms with Gasteiger partial charge in [0.25, 0.3) is 0 Å². The molecule has 11 aromatic carbocycles. The van der Waals surface area contributed by atoms with E-state index in [1.807, 2.05) is 11.3 Å². The number of hydrogen-bond donors (Lipinski definition) is 0. The summed E-state index contributed by atoms with van der Waals surface area (Å²) in [6.07, 6.45) is 3.23. The van der Waals surface area contributed by atoms with Gasteiger partial charge in [-0.15, -0.1) is 11.3 Å². The topological polar surface area (TPSA) is 3.24 Å². The van der Waals surface area contributed by atoms with Gasteiger partial charge in [0.1, 0.15) is 0 Å². The van der Waals surface area contributed by atoms with Crippen LogP contribution in [0, 0.1) is 0 Å². The summed E-state index contributed by atoms with van der Waals surface area (Å²) in [6, 6.07) is 98.5. The first kappa shape index (κ1) is 43.7. The smallest absolute Gasteiger partial charge is 0.0713 e. The van der Waals surface area contributed by atoms with Crippen LogP contribution in [0.2, 0.25) is 0 Å². The molecule has 0 atom stereocenters. The van der Waals surface area contributed by atoms with Gasteiger partial charge in [-0.25, -0.2) is 0 Å². The second kappa shape index (κ2) is 17.9. The standard InChI is InChI=1S/C72H49NS/c1-48-44-71-66(64-29-12-15-33-70(64)74-71)47-65(48)51-36-41-58(42-37-51)73(69-32-14-11-27-61(69)54-21-16-20-53(45-54)60-30-17-19-50-18-8-9-26-59(50)60)57-39-34-49(35-40-57)52-38-43-63-62-28-10-13-31-67(62)72(68(63)46-52,55-22-4-2-5-23-55)56-24-6-3-7-25-56/h2-43,45-47H,1,44H2. The normalized spacial score (nSPS) is 13.3. The summed E-state index contributed by atoms with van der Waals surface area (Å²) in [5, 5.41) is 3.81. The van der Waals surface area contributed by atoms with Crippen LogP contribution in [-0.4, -0.2) is 0 Å². The molecule has 0 N–H and O–H groups in total. The molecule has 2 aliphatic carbocycles. The highest BCUT2D eigenvalue weighted by Crippen LogP contribution is 2.57. The number of thiophene rings is 1. The number of benzene rings is 11. The second-order valence-corrected chi connectivity index (χ2v) is 20.8. The Morgan fingerprint density at radius 2 is 0.946 bits per heavy atom. The SMILES string of the molecule is C=C1Cc2sc3ccccc3c2C=C1c1ccc(N(c2ccc(-c3ccc4c(c3)C(c3ccccc3)(c3ccccc3)c3ccccc3-4)cc2)c2ccccc2-c2cccc(-c3cccc4ccccc34)c2)cc1.